The van der Waals surface area contributed by atoms with Gasteiger partial charge in [0.25, 0.3) is 0 Å². The molecule has 0 aliphatic heterocycles. The van der Waals surface area contributed by atoms with E-state index in [1.807, 2.05) is 18.2 Å². The van der Waals surface area contributed by atoms with Gasteiger partial charge in [-0.1, -0.05) is 18.2 Å². The number of fused-ring (bicyclic) bond motifs is 1. The predicted molar refractivity (Wildman–Crippen MR) is 70.0 cm³/mol. The lowest BCUT2D eigenvalue weighted by Crippen LogP contribution is -2.28. The molecule has 1 aromatic heterocycles. The number of hydrogen-bond acceptors (Lipinski definition) is 3. The second-order valence-corrected chi connectivity index (χ2v) is 4.36. The van der Waals surface area contributed by atoms with Crippen molar-refractivity contribution in [1.29, 1.82) is 0 Å². The molecule has 1 aromatic carbocycles. The van der Waals surface area contributed by atoms with Crippen LogP contribution in [0.4, 0.5) is 0 Å². The topological polar surface area (TPSA) is 48.1 Å². The molecule has 2 aromatic rings. The van der Waals surface area contributed by atoms with Gasteiger partial charge in [0, 0.05) is 30.7 Å². The number of benzene rings is 1. The molecule has 0 amide bonds. The van der Waals surface area contributed by atoms with Gasteiger partial charge in [0.15, 0.2) is 0 Å². The molecule has 0 aliphatic carbocycles. The lowest BCUT2D eigenvalue weighted by Gasteiger charge is -2.12. The molecule has 0 bridgehead atoms. The maximum Gasteiger partial charge on any atom is 0.0705 e. The fourth-order valence-electron chi connectivity index (χ4n) is 1.99. The Balaban J connectivity index is 2.31. The second kappa shape index (κ2) is 5.25. The van der Waals surface area contributed by atoms with Crippen molar-refractivity contribution < 1.29 is 4.74 Å². The van der Waals surface area contributed by atoms with Gasteiger partial charge in [-0.2, -0.15) is 0 Å². The third-order valence-electron chi connectivity index (χ3n) is 2.86. The van der Waals surface area contributed by atoms with E-state index < -0.39 is 0 Å². The van der Waals surface area contributed by atoms with E-state index in [9.17, 15) is 0 Å². The highest BCUT2D eigenvalue weighted by Crippen LogP contribution is 2.16. The van der Waals surface area contributed by atoms with Crippen LogP contribution in [0, 0.1) is 6.92 Å². The number of methoxy groups -OCH3 is 1. The summed E-state index contributed by atoms with van der Waals surface area (Å²) in [5, 5.41) is 1.18. The molecule has 90 valence electrons. The van der Waals surface area contributed by atoms with Crippen molar-refractivity contribution in [3.05, 3.63) is 41.6 Å². The van der Waals surface area contributed by atoms with Crippen molar-refractivity contribution in [2.45, 2.75) is 19.4 Å². The molecule has 2 N–H and O–H groups in total. The van der Waals surface area contributed by atoms with E-state index in [0.29, 0.717) is 6.61 Å². The van der Waals surface area contributed by atoms with Gasteiger partial charge in [-0.3, -0.25) is 4.98 Å². The highest BCUT2D eigenvalue weighted by Gasteiger charge is 2.08. The van der Waals surface area contributed by atoms with Crippen LogP contribution in [0.25, 0.3) is 10.9 Å². The summed E-state index contributed by atoms with van der Waals surface area (Å²) in [6.45, 7) is 2.64. The van der Waals surface area contributed by atoms with Gasteiger partial charge >= 0.3 is 0 Å². The molecule has 0 saturated carbocycles. The lowest BCUT2D eigenvalue weighted by atomic mass is 10.1. The first-order valence-electron chi connectivity index (χ1n) is 5.80. The van der Waals surface area contributed by atoms with E-state index in [-0.39, 0.29) is 6.04 Å². The fourth-order valence-corrected chi connectivity index (χ4v) is 1.99. The van der Waals surface area contributed by atoms with E-state index in [1.165, 1.54) is 10.9 Å². The zero-order valence-electron chi connectivity index (χ0n) is 10.3. The summed E-state index contributed by atoms with van der Waals surface area (Å²) in [7, 11) is 1.67. The summed E-state index contributed by atoms with van der Waals surface area (Å²) in [5.74, 6) is 0. The molecule has 2 rings (SSSR count). The van der Waals surface area contributed by atoms with E-state index in [1.54, 1.807) is 7.11 Å². The Bertz CT molecular complexity index is 511. The van der Waals surface area contributed by atoms with Crippen molar-refractivity contribution in [1.82, 2.24) is 4.98 Å². The number of nitrogens with two attached hydrogens (primary N) is 1. The summed E-state index contributed by atoms with van der Waals surface area (Å²) in [6.07, 6.45) is 0.754. The summed E-state index contributed by atoms with van der Waals surface area (Å²) in [5.41, 5.74) is 9.24. The van der Waals surface area contributed by atoms with Gasteiger partial charge in [0.1, 0.15) is 0 Å². The van der Waals surface area contributed by atoms with Crippen LogP contribution >= 0.6 is 0 Å². The molecular weight excluding hydrogens is 212 g/mol. The molecular formula is C14H18N2O. The number of ether oxygens (including phenoxy) is 1. The standard InChI is InChI=1S/C14H18N2O/c1-10-7-11-5-3-4-6-13(11)16-14(10)8-12(15)9-17-2/h3-7,12H,8-9,15H2,1-2H3. The zero-order chi connectivity index (χ0) is 12.3. The van der Waals surface area contributed by atoms with Crippen molar-refractivity contribution in [2.75, 3.05) is 13.7 Å². The van der Waals surface area contributed by atoms with Crippen LogP contribution in [0.15, 0.2) is 30.3 Å². The largest absolute Gasteiger partial charge is 0.383 e. The third-order valence-corrected chi connectivity index (χ3v) is 2.86. The zero-order valence-corrected chi connectivity index (χ0v) is 10.3. The highest BCUT2D eigenvalue weighted by molar-refractivity contribution is 5.79. The molecule has 3 heteroatoms. The number of hydrogen-bond donors (Lipinski definition) is 1. The maximum atomic E-state index is 5.96. The number of pyridine rings is 1. The summed E-state index contributed by atoms with van der Waals surface area (Å²) < 4.78 is 5.05. The predicted octanol–water partition coefficient (Wildman–Crippen LogP) is 2.06. The summed E-state index contributed by atoms with van der Waals surface area (Å²) in [6, 6.07) is 10.3. The minimum Gasteiger partial charge on any atom is -0.383 e. The molecule has 0 aliphatic rings. The monoisotopic (exact) mass is 230 g/mol. The maximum absolute atomic E-state index is 5.96. The normalized spacial score (nSPS) is 12.9. The summed E-state index contributed by atoms with van der Waals surface area (Å²) in [4.78, 5) is 4.66. The number of nitrogens with zero attached hydrogens (tertiary/aromatic N) is 1. The molecule has 1 atom stereocenters. The number of aryl methyl sites for hydroxylation is 1. The Morgan fingerprint density at radius 2 is 2.12 bits per heavy atom. The quantitative estimate of drug-likeness (QED) is 0.874. The van der Waals surface area contributed by atoms with Crippen LogP contribution in [0.3, 0.4) is 0 Å². The molecule has 1 unspecified atom stereocenters. The van der Waals surface area contributed by atoms with Gasteiger partial charge < -0.3 is 10.5 Å². The van der Waals surface area contributed by atoms with E-state index in [2.05, 4.69) is 24.0 Å². The molecule has 0 spiro atoms. The van der Waals surface area contributed by atoms with Gasteiger partial charge in [0.2, 0.25) is 0 Å². The first kappa shape index (κ1) is 12.0. The van der Waals surface area contributed by atoms with Crippen molar-refractivity contribution in [3.8, 4) is 0 Å². The van der Waals surface area contributed by atoms with Crippen LogP contribution in [-0.2, 0) is 11.2 Å². The Kier molecular flexibility index (Phi) is 3.71. The minimum absolute atomic E-state index is 0.00682. The highest BCUT2D eigenvalue weighted by atomic mass is 16.5. The number of rotatable bonds is 4. The molecule has 17 heavy (non-hydrogen) atoms. The first-order valence-corrected chi connectivity index (χ1v) is 5.80. The molecule has 3 nitrogen and oxygen atoms in total. The van der Waals surface area contributed by atoms with Gasteiger partial charge in [-0.05, 0) is 24.6 Å². The first-order chi connectivity index (χ1) is 8.20. The lowest BCUT2D eigenvalue weighted by molar-refractivity contribution is 0.179. The smallest absolute Gasteiger partial charge is 0.0705 e. The van der Waals surface area contributed by atoms with Gasteiger partial charge in [-0.25, -0.2) is 0 Å². The van der Waals surface area contributed by atoms with Gasteiger partial charge in [0.05, 0.1) is 12.1 Å². The molecule has 0 radical (unpaired) electrons. The Morgan fingerprint density at radius 1 is 1.35 bits per heavy atom. The van der Waals surface area contributed by atoms with Crippen LogP contribution in [0.1, 0.15) is 11.3 Å². The van der Waals surface area contributed by atoms with Crippen molar-refractivity contribution >= 4 is 10.9 Å². The molecule has 1 heterocycles. The number of para-hydroxylation sites is 1. The number of aromatic nitrogens is 1. The van der Waals surface area contributed by atoms with Crippen LogP contribution in [0.5, 0.6) is 0 Å². The van der Waals surface area contributed by atoms with Crippen LogP contribution < -0.4 is 5.73 Å². The molecule has 0 fully saturated rings. The third kappa shape index (κ3) is 2.81. The Labute approximate surface area is 102 Å². The Morgan fingerprint density at radius 3 is 2.88 bits per heavy atom. The van der Waals surface area contributed by atoms with Crippen molar-refractivity contribution in [2.24, 2.45) is 5.73 Å². The SMILES string of the molecule is COCC(N)Cc1nc2ccccc2cc1C. The average Bonchev–Trinajstić information content (AvgIpc) is 2.30. The minimum atomic E-state index is 0.00682. The van der Waals surface area contributed by atoms with Crippen LogP contribution in [-0.4, -0.2) is 24.7 Å². The van der Waals surface area contributed by atoms with Crippen molar-refractivity contribution in [3.63, 3.8) is 0 Å². The summed E-state index contributed by atoms with van der Waals surface area (Å²) >= 11 is 0. The second-order valence-electron chi connectivity index (χ2n) is 4.36. The van der Waals surface area contributed by atoms with Gasteiger partial charge in [-0.15, -0.1) is 0 Å². The van der Waals surface area contributed by atoms with E-state index in [4.69, 9.17) is 10.5 Å². The molecule has 0 saturated heterocycles. The van der Waals surface area contributed by atoms with E-state index in [0.717, 1.165) is 17.6 Å². The average molecular weight is 230 g/mol. The Hall–Kier alpha value is -1.45. The fraction of sp³-hybridized carbons (Fsp3) is 0.357. The van der Waals surface area contributed by atoms with E-state index >= 15 is 0 Å². The van der Waals surface area contributed by atoms with Crippen LogP contribution in [0.2, 0.25) is 0 Å².